The first kappa shape index (κ1) is 16.1. The molecule has 1 aliphatic carbocycles. The fourth-order valence-electron chi connectivity index (χ4n) is 3.49. The van der Waals surface area contributed by atoms with Crippen LogP contribution >= 0.6 is 15.9 Å². The lowest BCUT2D eigenvalue weighted by Gasteiger charge is -2.38. The van der Waals surface area contributed by atoms with E-state index in [2.05, 4.69) is 68.7 Å². The van der Waals surface area contributed by atoms with Crippen LogP contribution in [-0.4, -0.2) is 0 Å². The molecule has 0 N–H and O–H groups in total. The molecule has 0 amide bonds. The standard InChI is InChI=1S/C19H29Br/c1-13-6-7-16(12-14(13)2)18(20)15-8-10-17(11-9-15)19(3,4)5/h6-7,12,15,17-18H,8-11H2,1-5H3. The lowest BCUT2D eigenvalue weighted by molar-refractivity contribution is 0.149. The number of rotatable bonds is 2. The summed E-state index contributed by atoms with van der Waals surface area (Å²) in [6, 6.07) is 6.93. The molecule has 0 aromatic heterocycles. The summed E-state index contributed by atoms with van der Waals surface area (Å²) in [6.07, 6.45) is 5.51. The maximum Gasteiger partial charge on any atom is 0.0423 e. The average Bonchev–Trinajstić information content (AvgIpc) is 2.40. The monoisotopic (exact) mass is 336 g/mol. The summed E-state index contributed by atoms with van der Waals surface area (Å²) >= 11 is 3.98. The van der Waals surface area contributed by atoms with Gasteiger partial charge < -0.3 is 0 Å². The van der Waals surface area contributed by atoms with Crippen LogP contribution in [0.4, 0.5) is 0 Å². The number of hydrogen-bond donors (Lipinski definition) is 0. The van der Waals surface area contributed by atoms with Crippen LogP contribution < -0.4 is 0 Å². The van der Waals surface area contributed by atoms with Gasteiger partial charge in [0.2, 0.25) is 0 Å². The molecule has 1 aliphatic rings. The molecule has 0 radical (unpaired) electrons. The molecule has 1 unspecified atom stereocenters. The highest BCUT2D eigenvalue weighted by Gasteiger charge is 2.32. The van der Waals surface area contributed by atoms with E-state index < -0.39 is 0 Å². The van der Waals surface area contributed by atoms with E-state index in [4.69, 9.17) is 0 Å². The highest BCUT2D eigenvalue weighted by Crippen LogP contribution is 2.46. The Bertz CT molecular complexity index is 447. The van der Waals surface area contributed by atoms with Crippen molar-refractivity contribution in [3.05, 3.63) is 34.9 Å². The number of benzene rings is 1. The SMILES string of the molecule is Cc1ccc(C(Br)C2CCC(C(C)(C)C)CC2)cc1C. The maximum atomic E-state index is 3.98. The zero-order valence-corrected chi connectivity index (χ0v) is 15.3. The van der Waals surface area contributed by atoms with Gasteiger partial charge in [-0.2, -0.15) is 0 Å². The normalized spacial score (nSPS) is 25.5. The van der Waals surface area contributed by atoms with Gasteiger partial charge in [0.05, 0.1) is 0 Å². The second-order valence-corrected chi connectivity index (χ2v) is 8.71. The van der Waals surface area contributed by atoms with Crippen LogP contribution in [0.1, 0.15) is 68.0 Å². The molecule has 112 valence electrons. The lowest BCUT2D eigenvalue weighted by atomic mass is 9.69. The molecule has 0 bridgehead atoms. The number of alkyl halides is 1. The summed E-state index contributed by atoms with van der Waals surface area (Å²) in [5.41, 5.74) is 4.75. The number of halogens is 1. The molecule has 0 saturated heterocycles. The van der Waals surface area contributed by atoms with E-state index in [0.29, 0.717) is 10.2 Å². The van der Waals surface area contributed by atoms with Crippen molar-refractivity contribution in [3.63, 3.8) is 0 Å². The van der Waals surface area contributed by atoms with Crippen LogP contribution in [0.15, 0.2) is 18.2 Å². The van der Waals surface area contributed by atoms with E-state index in [0.717, 1.165) is 11.8 Å². The first-order chi connectivity index (χ1) is 9.29. The van der Waals surface area contributed by atoms with E-state index >= 15 is 0 Å². The van der Waals surface area contributed by atoms with Crippen LogP contribution in [0.5, 0.6) is 0 Å². The van der Waals surface area contributed by atoms with Crippen LogP contribution in [-0.2, 0) is 0 Å². The van der Waals surface area contributed by atoms with Gasteiger partial charge in [-0.05, 0) is 73.5 Å². The second-order valence-electron chi connectivity index (χ2n) is 7.72. The first-order valence-corrected chi connectivity index (χ1v) is 8.92. The average molecular weight is 337 g/mol. The van der Waals surface area contributed by atoms with Gasteiger partial charge in [0.1, 0.15) is 0 Å². The van der Waals surface area contributed by atoms with Crippen molar-refractivity contribution in [3.8, 4) is 0 Å². The fourth-order valence-corrected chi connectivity index (χ4v) is 4.30. The molecule has 0 nitrogen and oxygen atoms in total. The summed E-state index contributed by atoms with van der Waals surface area (Å²) in [4.78, 5) is 0.530. The van der Waals surface area contributed by atoms with Gasteiger partial charge >= 0.3 is 0 Å². The minimum absolute atomic E-state index is 0.479. The summed E-state index contributed by atoms with van der Waals surface area (Å²) in [6.45, 7) is 11.6. The smallest absolute Gasteiger partial charge is 0.0423 e. The molecule has 1 saturated carbocycles. The number of hydrogen-bond acceptors (Lipinski definition) is 0. The topological polar surface area (TPSA) is 0 Å². The Morgan fingerprint density at radius 3 is 2.10 bits per heavy atom. The summed E-state index contributed by atoms with van der Waals surface area (Å²) in [7, 11) is 0. The van der Waals surface area contributed by atoms with E-state index in [9.17, 15) is 0 Å². The molecule has 1 aromatic rings. The van der Waals surface area contributed by atoms with Crippen molar-refractivity contribution in [2.75, 3.05) is 0 Å². The van der Waals surface area contributed by atoms with Gasteiger partial charge in [0.25, 0.3) is 0 Å². The fraction of sp³-hybridized carbons (Fsp3) is 0.684. The van der Waals surface area contributed by atoms with E-state index in [1.165, 1.54) is 42.4 Å². The van der Waals surface area contributed by atoms with Crippen LogP contribution in [0.2, 0.25) is 0 Å². The predicted octanol–water partition coefficient (Wildman–Crippen LogP) is 6.59. The molecule has 1 fully saturated rings. The maximum absolute atomic E-state index is 3.98. The Balaban J connectivity index is 2.01. The van der Waals surface area contributed by atoms with Crippen molar-refractivity contribution < 1.29 is 0 Å². The summed E-state index contributed by atoms with van der Waals surface area (Å²) < 4.78 is 0. The van der Waals surface area contributed by atoms with Gasteiger partial charge in [-0.1, -0.05) is 54.9 Å². The van der Waals surface area contributed by atoms with Gasteiger partial charge in [0.15, 0.2) is 0 Å². The first-order valence-electron chi connectivity index (χ1n) is 8.00. The second kappa shape index (κ2) is 6.22. The molecule has 20 heavy (non-hydrogen) atoms. The third-order valence-electron chi connectivity index (χ3n) is 5.26. The Morgan fingerprint density at radius 2 is 1.60 bits per heavy atom. The van der Waals surface area contributed by atoms with Crippen molar-refractivity contribution >= 4 is 15.9 Å². The molecule has 1 atom stereocenters. The Morgan fingerprint density at radius 1 is 1.00 bits per heavy atom. The Hall–Kier alpha value is -0.300. The molecule has 1 heteroatoms. The number of aryl methyl sites for hydroxylation is 2. The zero-order chi connectivity index (χ0) is 14.9. The van der Waals surface area contributed by atoms with Crippen LogP contribution in [0.3, 0.4) is 0 Å². The summed E-state index contributed by atoms with van der Waals surface area (Å²) in [5.74, 6) is 1.70. The summed E-state index contributed by atoms with van der Waals surface area (Å²) in [5, 5.41) is 0. The molecular weight excluding hydrogens is 308 g/mol. The Labute approximate surface area is 133 Å². The van der Waals surface area contributed by atoms with Gasteiger partial charge in [-0.15, -0.1) is 0 Å². The molecule has 2 rings (SSSR count). The molecule has 0 heterocycles. The highest BCUT2D eigenvalue weighted by atomic mass is 79.9. The molecular formula is C19H29Br. The molecule has 0 aliphatic heterocycles. The van der Waals surface area contributed by atoms with E-state index in [1.54, 1.807) is 0 Å². The molecule has 1 aromatic carbocycles. The minimum atomic E-state index is 0.479. The van der Waals surface area contributed by atoms with Crippen molar-refractivity contribution in [1.82, 2.24) is 0 Å². The minimum Gasteiger partial charge on any atom is -0.0836 e. The molecule has 0 spiro atoms. The van der Waals surface area contributed by atoms with Crippen LogP contribution in [0.25, 0.3) is 0 Å². The predicted molar refractivity (Wildman–Crippen MR) is 92.5 cm³/mol. The van der Waals surface area contributed by atoms with Crippen molar-refractivity contribution in [2.45, 2.75) is 65.1 Å². The van der Waals surface area contributed by atoms with Gasteiger partial charge in [0, 0.05) is 4.83 Å². The Kier molecular flexibility index (Phi) is 5.00. The quantitative estimate of drug-likeness (QED) is 0.534. The van der Waals surface area contributed by atoms with E-state index in [-0.39, 0.29) is 0 Å². The van der Waals surface area contributed by atoms with Gasteiger partial charge in [-0.3, -0.25) is 0 Å². The zero-order valence-electron chi connectivity index (χ0n) is 13.7. The van der Waals surface area contributed by atoms with E-state index in [1.807, 2.05) is 0 Å². The third kappa shape index (κ3) is 3.67. The lowest BCUT2D eigenvalue weighted by Crippen LogP contribution is -2.27. The highest BCUT2D eigenvalue weighted by molar-refractivity contribution is 9.09. The van der Waals surface area contributed by atoms with Crippen molar-refractivity contribution in [1.29, 1.82) is 0 Å². The van der Waals surface area contributed by atoms with Gasteiger partial charge in [-0.25, -0.2) is 0 Å². The third-order valence-corrected chi connectivity index (χ3v) is 6.54. The van der Waals surface area contributed by atoms with Crippen LogP contribution in [0, 0.1) is 31.1 Å². The van der Waals surface area contributed by atoms with Crippen molar-refractivity contribution in [2.24, 2.45) is 17.3 Å². The largest absolute Gasteiger partial charge is 0.0836 e.